The van der Waals surface area contributed by atoms with Crippen LogP contribution in [0, 0.1) is 0 Å². The first-order valence-electron chi connectivity index (χ1n) is 11.4. The second-order valence-electron chi connectivity index (χ2n) is 9.45. The number of fused-ring (bicyclic) bond motifs is 1. The zero-order valence-corrected chi connectivity index (χ0v) is 20.5. The number of carbonyl (C=O) groups is 2. The minimum absolute atomic E-state index is 0.0233. The van der Waals surface area contributed by atoms with Gasteiger partial charge in [0.05, 0.1) is 5.69 Å². The van der Waals surface area contributed by atoms with Gasteiger partial charge in [-0.3, -0.25) is 4.79 Å². The molecular weight excluding hydrogens is 448 g/mol. The standard InChI is InChI=1S/C26H30N4O3S/c1-26(2,3)33-25(32)30(21-14-18-6-4-5-7-19(18)15-21)13-12-23(31)28-20-10-8-17(9-11-20)22-16-34-24(27)29-22/h4-11,16,21H,12-15H2,1-3H3,(H2,27,29)(H,28,31). The van der Waals surface area contributed by atoms with Gasteiger partial charge < -0.3 is 20.7 Å². The van der Waals surface area contributed by atoms with Crippen molar-refractivity contribution in [3.8, 4) is 11.3 Å². The molecule has 3 aromatic rings. The fraction of sp³-hybridized carbons (Fsp3) is 0.346. The van der Waals surface area contributed by atoms with Gasteiger partial charge in [-0.05, 0) is 56.9 Å². The number of hydrogen-bond donors (Lipinski definition) is 2. The highest BCUT2D eigenvalue weighted by Crippen LogP contribution is 2.27. The molecule has 1 aliphatic rings. The molecule has 1 aromatic heterocycles. The van der Waals surface area contributed by atoms with Crippen molar-refractivity contribution < 1.29 is 14.3 Å². The Kier molecular flexibility index (Phi) is 6.88. The van der Waals surface area contributed by atoms with Gasteiger partial charge in [0.2, 0.25) is 5.91 Å². The molecule has 0 unspecified atom stereocenters. The number of nitrogens with zero attached hydrogens (tertiary/aromatic N) is 2. The van der Waals surface area contributed by atoms with Crippen LogP contribution in [-0.4, -0.2) is 40.1 Å². The summed E-state index contributed by atoms with van der Waals surface area (Å²) < 4.78 is 5.66. The minimum Gasteiger partial charge on any atom is -0.444 e. The van der Waals surface area contributed by atoms with Crippen LogP contribution in [-0.2, 0) is 22.4 Å². The molecule has 0 saturated carbocycles. The molecule has 7 nitrogen and oxygen atoms in total. The lowest BCUT2D eigenvalue weighted by atomic mass is 10.1. The first kappa shape index (κ1) is 23.8. The average molecular weight is 479 g/mol. The summed E-state index contributed by atoms with van der Waals surface area (Å²) in [7, 11) is 0. The lowest BCUT2D eigenvalue weighted by Crippen LogP contribution is -2.45. The summed E-state index contributed by atoms with van der Waals surface area (Å²) in [5.74, 6) is -0.158. The van der Waals surface area contributed by atoms with Gasteiger partial charge in [-0.15, -0.1) is 11.3 Å². The maximum Gasteiger partial charge on any atom is 0.410 e. The Hall–Kier alpha value is -3.39. The number of hydrogen-bond acceptors (Lipinski definition) is 6. The number of aromatic nitrogens is 1. The topological polar surface area (TPSA) is 97.5 Å². The number of nitrogen functional groups attached to an aromatic ring is 1. The van der Waals surface area contributed by atoms with Crippen LogP contribution in [0.25, 0.3) is 11.3 Å². The fourth-order valence-corrected chi connectivity index (χ4v) is 4.66. The molecule has 1 aliphatic carbocycles. The van der Waals surface area contributed by atoms with Gasteiger partial charge in [0.25, 0.3) is 0 Å². The summed E-state index contributed by atoms with van der Waals surface area (Å²) in [5, 5.41) is 5.33. The van der Waals surface area contributed by atoms with Crippen LogP contribution in [0.2, 0.25) is 0 Å². The van der Waals surface area contributed by atoms with Gasteiger partial charge >= 0.3 is 6.09 Å². The molecule has 0 aliphatic heterocycles. The van der Waals surface area contributed by atoms with E-state index in [1.807, 2.05) is 62.5 Å². The predicted octanol–water partition coefficient (Wildman–Crippen LogP) is 5.13. The van der Waals surface area contributed by atoms with Crippen LogP contribution in [0.1, 0.15) is 38.3 Å². The van der Waals surface area contributed by atoms with Gasteiger partial charge in [0.1, 0.15) is 5.60 Å². The summed E-state index contributed by atoms with van der Waals surface area (Å²) in [6, 6.07) is 15.7. The Morgan fingerprint density at radius 3 is 2.32 bits per heavy atom. The summed E-state index contributed by atoms with van der Waals surface area (Å²) in [6.07, 6.45) is 1.32. The van der Waals surface area contributed by atoms with Crippen LogP contribution in [0.15, 0.2) is 53.9 Å². The first-order chi connectivity index (χ1) is 16.2. The molecule has 2 aromatic carbocycles. The van der Waals surface area contributed by atoms with E-state index in [1.165, 1.54) is 22.5 Å². The third-order valence-electron chi connectivity index (χ3n) is 5.66. The van der Waals surface area contributed by atoms with Gasteiger partial charge in [-0.25, -0.2) is 9.78 Å². The van der Waals surface area contributed by atoms with Gasteiger partial charge in [0, 0.05) is 35.6 Å². The normalized spacial score (nSPS) is 13.4. The molecule has 4 rings (SSSR count). The molecule has 34 heavy (non-hydrogen) atoms. The quantitative estimate of drug-likeness (QED) is 0.512. The maximum absolute atomic E-state index is 13.0. The number of carbonyl (C=O) groups excluding carboxylic acids is 2. The van der Waals surface area contributed by atoms with Crippen LogP contribution >= 0.6 is 11.3 Å². The smallest absolute Gasteiger partial charge is 0.410 e. The van der Waals surface area contributed by atoms with Gasteiger partial charge in [-0.1, -0.05) is 36.4 Å². The summed E-state index contributed by atoms with van der Waals surface area (Å²) >= 11 is 1.39. The van der Waals surface area contributed by atoms with Gasteiger partial charge in [0.15, 0.2) is 5.13 Å². The van der Waals surface area contributed by atoms with Crippen molar-refractivity contribution in [2.24, 2.45) is 0 Å². The van der Waals surface area contributed by atoms with E-state index in [9.17, 15) is 9.59 Å². The van der Waals surface area contributed by atoms with Crippen molar-refractivity contribution >= 4 is 34.2 Å². The second-order valence-corrected chi connectivity index (χ2v) is 10.3. The molecule has 8 heteroatoms. The van der Waals surface area contributed by atoms with E-state index in [4.69, 9.17) is 10.5 Å². The molecule has 2 amide bonds. The Bertz CT molecular complexity index is 1140. The number of benzene rings is 2. The third kappa shape index (κ3) is 5.94. The lowest BCUT2D eigenvalue weighted by Gasteiger charge is -2.31. The number of ether oxygens (including phenoxy) is 1. The van der Waals surface area contributed by atoms with Crippen molar-refractivity contribution in [3.63, 3.8) is 0 Å². The SMILES string of the molecule is CC(C)(C)OC(=O)N(CCC(=O)Nc1ccc(-c2csc(N)n2)cc1)C1Cc2ccccc2C1. The Morgan fingerprint density at radius 2 is 1.76 bits per heavy atom. The Labute approximate surface area is 204 Å². The second kappa shape index (κ2) is 9.85. The molecule has 0 atom stereocenters. The van der Waals surface area contributed by atoms with E-state index in [2.05, 4.69) is 22.4 Å². The van der Waals surface area contributed by atoms with Crippen molar-refractivity contribution in [3.05, 3.63) is 65.0 Å². The molecular formula is C26H30N4O3S. The van der Waals surface area contributed by atoms with Crippen molar-refractivity contribution in [2.45, 2.75) is 51.7 Å². The van der Waals surface area contributed by atoms with Crippen LogP contribution in [0.3, 0.4) is 0 Å². The maximum atomic E-state index is 13.0. The van der Waals surface area contributed by atoms with Crippen LogP contribution in [0.4, 0.5) is 15.6 Å². The van der Waals surface area contributed by atoms with E-state index < -0.39 is 5.60 Å². The lowest BCUT2D eigenvalue weighted by molar-refractivity contribution is -0.116. The molecule has 1 heterocycles. The zero-order valence-electron chi connectivity index (χ0n) is 19.7. The minimum atomic E-state index is -0.604. The van der Waals surface area contributed by atoms with Crippen LogP contribution < -0.4 is 11.1 Å². The fourth-order valence-electron chi connectivity index (χ4n) is 4.09. The summed E-state index contributed by atoms with van der Waals surface area (Å²) in [6.45, 7) is 5.84. The largest absolute Gasteiger partial charge is 0.444 e. The Morgan fingerprint density at radius 1 is 1.12 bits per heavy atom. The molecule has 0 radical (unpaired) electrons. The van der Waals surface area contributed by atoms with E-state index in [0.29, 0.717) is 10.8 Å². The predicted molar refractivity (Wildman–Crippen MR) is 136 cm³/mol. The van der Waals surface area contributed by atoms with E-state index in [0.717, 1.165) is 24.1 Å². The molecule has 0 bridgehead atoms. The first-order valence-corrected chi connectivity index (χ1v) is 12.2. The number of rotatable bonds is 6. The highest BCUT2D eigenvalue weighted by Gasteiger charge is 2.32. The number of nitrogens with two attached hydrogens (primary N) is 1. The molecule has 3 N–H and O–H groups in total. The molecule has 0 fully saturated rings. The molecule has 178 valence electrons. The number of amides is 2. The van der Waals surface area contributed by atoms with E-state index in [1.54, 1.807) is 4.90 Å². The monoisotopic (exact) mass is 478 g/mol. The number of nitrogens with one attached hydrogen (secondary N) is 1. The van der Waals surface area contributed by atoms with Crippen molar-refractivity contribution in [1.82, 2.24) is 9.88 Å². The highest BCUT2D eigenvalue weighted by atomic mass is 32.1. The van der Waals surface area contributed by atoms with E-state index >= 15 is 0 Å². The average Bonchev–Trinajstić information content (AvgIpc) is 3.39. The molecule has 0 spiro atoms. The number of thiazole rings is 1. The van der Waals surface area contributed by atoms with E-state index in [-0.39, 0.29) is 31.0 Å². The summed E-state index contributed by atoms with van der Waals surface area (Å²) in [5.41, 5.74) is 10.0. The van der Waals surface area contributed by atoms with Crippen LogP contribution in [0.5, 0.6) is 0 Å². The highest BCUT2D eigenvalue weighted by molar-refractivity contribution is 7.13. The van der Waals surface area contributed by atoms with Crippen molar-refractivity contribution in [2.75, 3.05) is 17.6 Å². The third-order valence-corrected chi connectivity index (χ3v) is 6.34. The Balaban J connectivity index is 1.38. The number of anilines is 2. The van der Waals surface area contributed by atoms with Gasteiger partial charge in [-0.2, -0.15) is 0 Å². The summed E-state index contributed by atoms with van der Waals surface area (Å²) in [4.78, 5) is 31.7. The molecule has 0 saturated heterocycles. The zero-order chi connectivity index (χ0) is 24.3. The van der Waals surface area contributed by atoms with Crippen molar-refractivity contribution in [1.29, 1.82) is 0 Å².